The molecule has 3 aromatic heterocycles. The van der Waals surface area contributed by atoms with E-state index in [4.69, 9.17) is 0 Å². The van der Waals surface area contributed by atoms with Crippen LogP contribution >= 0.6 is 0 Å². The third-order valence-electron chi connectivity index (χ3n) is 7.85. The number of aryl methyl sites for hydroxylation is 1. The van der Waals surface area contributed by atoms with Crippen molar-refractivity contribution >= 4 is 10.9 Å². The summed E-state index contributed by atoms with van der Waals surface area (Å²) in [4.78, 5) is 3.91. The number of hydrogen-bond donors (Lipinski definition) is 3. The number of aliphatic hydroxyl groups is 1. The molecule has 3 atom stereocenters. The van der Waals surface area contributed by atoms with Crippen LogP contribution < -0.4 is 5.32 Å². The van der Waals surface area contributed by atoms with Crippen LogP contribution in [0.2, 0.25) is 0 Å². The first kappa shape index (κ1) is 27.3. The van der Waals surface area contributed by atoms with Crippen LogP contribution in [-0.2, 0) is 19.8 Å². The molecule has 1 aromatic carbocycles. The standard InChI is InChI=1S/C26H28F3N7O.C2H6/c1-36-13-31-35-25(36)22(14-4-2-5-14)15-6-3-7-16(10-15)23-17-11-21(26(27,28)29)32-19(24(17)34-33-23)12-30-18-8-9-20(18)37;1-2/h3,6-7,10-11,13-14,18,20,22,30,37H,2,4-5,8-9,12H2,1H3,(H,33,34);1-2H3. The van der Waals surface area contributed by atoms with Gasteiger partial charge in [-0.05, 0) is 49.3 Å². The van der Waals surface area contributed by atoms with Crippen LogP contribution in [0.15, 0.2) is 36.7 Å². The number of halogens is 3. The van der Waals surface area contributed by atoms with E-state index in [-0.39, 0.29) is 24.2 Å². The summed E-state index contributed by atoms with van der Waals surface area (Å²) in [6, 6.07) is 8.74. The van der Waals surface area contributed by atoms with Gasteiger partial charge in [-0.3, -0.25) is 5.10 Å². The fraction of sp³-hybridized carbons (Fsp3) is 0.500. The molecule has 0 spiro atoms. The van der Waals surface area contributed by atoms with Gasteiger partial charge in [0.15, 0.2) is 0 Å². The fourth-order valence-electron chi connectivity index (χ4n) is 5.38. The molecule has 2 saturated carbocycles. The zero-order valence-corrected chi connectivity index (χ0v) is 22.3. The summed E-state index contributed by atoms with van der Waals surface area (Å²) in [5, 5.41) is 29.2. The van der Waals surface area contributed by atoms with Crippen molar-refractivity contribution in [3.8, 4) is 11.3 Å². The molecule has 6 rings (SSSR count). The van der Waals surface area contributed by atoms with E-state index in [1.54, 1.807) is 6.33 Å². The zero-order valence-electron chi connectivity index (χ0n) is 22.3. The van der Waals surface area contributed by atoms with Crippen LogP contribution in [-0.4, -0.2) is 47.2 Å². The first-order chi connectivity index (χ1) is 18.8. The largest absolute Gasteiger partial charge is 0.433 e. The van der Waals surface area contributed by atoms with E-state index < -0.39 is 18.0 Å². The maximum absolute atomic E-state index is 13.8. The maximum atomic E-state index is 13.8. The van der Waals surface area contributed by atoms with Crippen LogP contribution in [0.5, 0.6) is 0 Å². The van der Waals surface area contributed by atoms with Crippen molar-refractivity contribution in [2.75, 3.05) is 0 Å². The molecular weight excluding hydrogens is 507 g/mol. The Bertz CT molecular complexity index is 1430. The van der Waals surface area contributed by atoms with E-state index in [1.807, 2.05) is 49.7 Å². The second-order valence-corrected chi connectivity index (χ2v) is 10.2. The lowest BCUT2D eigenvalue weighted by atomic mass is 9.72. The van der Waals surface area contributed by atoms with Crippen molar-refractivity contribution in [1.82, 2.24) is 35.3 Å². The summed E-state index contributed by atoms with van der Waals surface area (Å²) in [7, 11) is 1.93. The Morgan fingerprint density at radius 3 is 2.54 bits per heavy atom. The lowest BCUT2D eigenvalue weighted by Crippen LogP contribution is -2.47. The average Bonchev–Trinajstić information content (AvgIpc) is 3.52. The molecule has 11 heteroatoms. The van der Waals surface area contributed by atoms with E-state index >= 15 is 0 Å². The van der Waals surface area contributed by atoms with E-state index in [2.05, 4.69) is 30.7 Å². The van der Waals surface area contributed by atoms with Gasteiger partial charge in [0.1, 0.15) is 23.5 Å². The number of nitrogens with zero attached hydrogens (tertiary/aromatic N) is 5. The minimum atomic E-state index is -4.60. The van der Waals surface area contributed by atoms with E-state index in [0.29, 0.717) is 28.9 Å². The average molecular weight is 542 g/mol. The molecule has 3 unspecified atom stereocenters. The van der Waals surface area contributed by atoms with Gasteiger partial charge in [0.2, 0.25) is 0 Å². The summed E-state index contributed by atoms with van der Waals surface area (Å²) in [6.45, 7) is 4.10. The normalized spacial score (nSPS) is 20.2. The Morgan fingerprint density at radius 1 is 1.15 bits per heavy atom. The van der Waals surface area contributed by atoms with Crippen molar-refractivity contribution in [2.45, 2.75) is 76.7 Å². The summed E-state index contributed by atoms with van der Waals surface area (Å²) in [6.07, 6.45) is 1.43. The Kier molecular flexibility index (Phi) is 7.73. The molecule has 4 aromatic rings. The lowest BCUT2D eigenvalue weighted by Gasteiger charge is -2.33. The van der Waals surface area contributed by atoms with Crippen molar-refractivity contribution in [3.05, 3.63) is 59.4 Å². The highest BCUT2D eigenvalue weighted by atomic mass is 19.4. The SMILES string of the molecule is CC.Cn1cnnc1C(c1cccc(-c2n[nH]c3c(CNC4CCC4O)nc(C(F)(F)F)cc23)c1)C1CCC1. The Labute approximate surface area is 225 Å². The molecule has 208 valence electrons. The molecule has 2 aliphatic rings. The van der Waals surface area contributed by atoms with Crippen molar-refractivity contribution in [2.24, 2.45) is 13.0 Å². The topological polar surface area (TPSA) is 105 Å². The number of pyridine rings is 1. The predicted molar refractivity (Wildman–Crippen MR) is 142 cm³/mol. The minimum absolute atomic E-state index is 0.0486. The predicted octanol–water partition coefficient (Wildman–Crippen LogP) is 5.34. The number of H-pyrrole nitrogens is 1. The maximum Gasteiger partial charge on any atom is 0.433 e. The van der Waals surface area contributed by atoms with Crippen LogP contribution in [0.4, 0.5) is 13.2 Å². The van der Waals surface area contributed by atoms with Crippen molar-refractivity contribution in [3.63, 3.8) is 0 Å². The molecule has 2 fully saturated rings. The van der Waals surface area contributed by atoms with Gasteiger partial charge >= 0.3 is 6.18 Å². The van der Waals surface area contributed by atoms with Crippen LogP contribution in [0, 0.1) is 5.92 Å². The van der Waals surface area contributed by atoms with Gasteiger partial charge in [-0.25, -0.2) is 4.98 Å². The second kappa shape index (κ2) is 11.1. The van der Waals surface area contributed by atoms with Crippen LogP contribution in [0.1, 0.15) is 74.6 Å². The summed E-state index contributed by atoms with van der Waals surface area (Å²) < 4.78 is 43.3. The molecule has 3 heterocycles. The molecule has 0 radical (unpaired) electrons. The van der Waals surface area contributed by atoms with Crippen LogP contribution in [0.25, 0.3) is 22.2 Å². The van der Waals surface area contributed by atoms with Gasteiger partial charge < -0.3 is 15.0 Å². The van der Waals surface area contributed by atoms with Crippen LogP contribution in [0.3, 0.4) is 0 Å². The molecule has 39 heavy (non-hydrogen) atoms. The quantitative estimate of drug-likeness (QED) is 0.292. The molecule has 0 amide bonds. The number of aliphatic hydroxyl groups excluding tert-OH is 1. The van der Waals surface area contributed by atoms with Gasteiger partial charge in [0.05, 0.1) is 17.3 Å². The number of hydrogen-bond acceptors (Lipinski definition) is 6. The number of rotatable bonds is 7. The number of alkyl halides is 3. The zero-order chi connectivity index (χ0) is 27.7. The Morgan fingerprint density at radius 2 is 1.95 bits per heavy atom. The molecule has 2 aliphatic carbocycles. The van der Waals surface area contributed by atoms with Gasteiger partial charge in [0.25, 0.3) is 0 Å². The minimum Gasteiger partial charge on any atom is -0.392 e. The van der Waals surface area contributed by atoms with Crippen molar-refractivity contribution in [1.29, 1.82) is 0 Å². The number of aromatic nitrogens is 6. The van der Waals surface area contributed by atoms with Gasteiger partial charge in [-0.1, -0.05) is 38.5 Å². The molecule has 8 nitrogen and oxygen atoms in total. The third kappa shape index (κ3) is 5.29. The Balaban J connectivity index is 0.00000151. The number of nitrogens with one attached hydrogen (secondary N) is 2. The lowest BCUT2D eigenvalue weighted by molar-refractivity contribution is -0.141. The molecule has 0 bridgehead atoms. The van der Waals surface area contributed by atoms with E-state index in [1.165, 1.54) is 6.42 Å². The first-order valence-electron chi connectivity index (χ1n) is 13.6. The highest BCUT2D eigenvalue weighted by molar-refractivity contribution is 5.94. The first-order valence-corrected chi connectivity index (χ1v) is 13.6. The highest BCUT2D eigenvalue weighted by Crippen LogP contribution is 2.43. The number of fused-ring (bicyclic) bond motifs is 1. The summed E-state index contributed by atoms with van der Waals surface area (Å²) in [5.74, 6) is 1.37. The molecule has 0 aliphatic heterocycles. The Hall–Kier alpha value is -3.31. The van der Waals surface area contributed by atoms with Crippen molar-refractivity contribution < 1.29 is 18.3 Å². The fourth-order valence-corrected chi connectivity index (χ4v) is 5.38. The number of benzene rings is 1. The molecular formula is C28H34F3N7O. The second-order valence-electron chi connectivity index (χ2n) is 10.2. The summed E-state index contributed by atoms with van der Waals surface area (Å²) >= 11 is 0. The number of aromatic amines is 1. The molecule has 0 saturated heterocycles. The monoisotopic (exact) mass is 541 g/mol. The summed E-state index contributed by atoms with van der Waals surface area (Å²) in [5.41, 5.74) is 1.93. The van der Waals surface area contributed by atoms with E-state index in [9.17, 15) is 18.3 Å². The van der Waals surface area contributed by atoms with Gasteiger partial charge in [0, 0.05) is 36.5 Å². The molecule has 3 N–H and O–H groups in total. The highest BCUT2D eigenvalue weighted by Gasteiger charge is 2.36. The smallest absolute Gasteiger partial charge is 0.392 e. The van der Waals surface area contributed by atoms with Gasteiger partial charge in [-0.2, -0.15) is 18.3 Å². The van der Waals surface area contributed by atoms with Gasteiger partial charge in [-0.15, -0.1) is 10.2 Å². The van der Waals surface area contributed by atoms with E-state index in [0.717, 1.165) is 42.3 Å². The third-order valence-corrected chi connectivity index (χ3v) is 7.85.